The number of fused-ring (bicyclic) bond motifs is 3. The quantitative estimate of drug-likeness (QED) is 0.349. The molecule has 1 aliphatic carbocycles. The molecule has 37 heavy (non-hydrogen) atoms. The van der Waals surface area contributed by atoms with Crippen LogP contribution < -0.4 is 9.47 Å². The van der Waals surface area contributed by atoms with E-state index in [1.54, 1.807) is 11.8 Å². The molecule has 1 saturated carbocycles. The third-order valence-electron chi connectivity index (χ3n) is 7.12. The van der Waals surface area contributed by atoms with Crippen LogP contribution >= 0.6 is 11.3 Å². The maximum Gasteiger partial charge on any atom is 0.274 e. The Morgan fingerprint density at radius 2 is 2.22 bits per heavy atom. The highest BCUT2D eigenvalue weighted by Gasteiger charge is 2.36. The summed E-state index contributed by atoms with van der Waals surface area (Å²) in [7, 11) is 0.908. The fraction of sp³-hybridized carbons (Fsp3) is 0.357. The lowest BCUT2D eigenvalue weighted by molar-refractivity contribution is 0.0686. The summed E-state index contributed by atoms with van der Waals surface area (Å²) in [6.07, 6.45) is 3.92. The van der Waals surface area contributed by atoms with E-state index < -0.39 is 32.1 Å². The monoisotopic (exact) mass is 524 g/mol. The molecule has 1 amide bonds. The predicted molar refractivity (Wildman–Crippen MR) is 143 cm³/mol. The number of hydrogen-bond acceptors (Lipinski definition) is 6. The molecule has 0 saturated heterocycles. The lowest BCUT2D eigenvalue weighted by Gasteiger charge is -2.25. The predicted octanol–water partition coefficient (Wildman–Crippen LogP) is 5.15. The Kier molecular flexibility index (Phi) is 4.52. The molecule has 0 spiro atoms. The molecule has 0 radical (unpaired) electrons. The van der Waals surface area contributed by atoms with Crippen molar-refractivity contribution in [3.8, 4) is 39.6 Å². The highest BCUT2D eigenvalue weighted by Crippen LogP contribution is 2.46. The summed E-state index contributed by atoms with van der Waals surface area (Å²) < 4.78 is 67.7. The van der Waals surface area contributed by atoms with Gasteiger partial charge in [0.05, 0.1) is 28.7 Å². The van der Waals surface area contributed by atoms with Crippen LogP contribution in [0.5, 0.6) is 11.5 Å². The van der Waals surface area contributed by atoms with Crippen molar-refractivity contribution in [3.63, 3.8) is 0 Å². The second-order valence-corrected chi connectivity index (χ2v) is 10.1. The highest BCUT2D eigenvalue weighted by atomic mass is 32.1. The van der Waals surface area contributed by atoms with Gasteiger partial charge in [-0.15, -0.1) is 0 Å². The molecule has 2 aliphatic rings. The van der Waals surface area contributed by atoms with Crippen molar-refractivity contribution in [2.24, 2.45) is 7.05 Å². The Morgan fingerprint density at radius 1 is 1.30 bits per heavy atom. The van der Waals surface area contributed by atoms with Crippen LogP contribution in [-0.2, 0) is 18.4 Å². The van der Waals surface area contributed by atoms with Crippen LogP contribution in [0, 0.1) is 0 Å². The lowest BCUT2D eigenvalue weighted by atomic mass is 9.97. The van der Waals surface area contributed by atoms with Crippen molar-refractivity contribution in [2.45, 2.75) is 38.0 Å². The molecular formula is C28H30N4O4S. The van der Waals surface area contributed by atoms with Crippen LogP contribution in [0.3, 0.4) is 0 Å². The fourth-order valence-corrected chi connectivity index (χ4v) is 5.83. The lowest BCUT2D eigenvalue weighted by Crippen LogP contribution is -2.36. The van der Waals surface area contributed by atoms with Crippen molar-refractivity contribution in [3.05, 3.63) is 58.7 Å². The van der Waals surface area contributed by atoms with Gasteiger partial charge in [-0.1, -0.05) is 0 Å². The van der Waals surface area contributed by atoms with E-state index in [-0.39, 0.29) is 25.1 Å². The first-order chi connectivity index (χ1) is 20.3. The van der Waals surface area contributed by atoms with Crippen LogP contribution in [-0.4, -0.2) is 58.4 Å². The van der Waals surface area contributed by atoms with E-state index in [2.05, 4.69) is 0 Å². The van der Waals surface area contributed by atoms with Crippen LogP contribution in [0.2, 0.25) is 0 Å². The first-order valence-corrected chi connectivity index (χ1v) is 12.9. The number of aromatic nitrogens is 3. The van der Waals surface area contributed by atoms with E-state index in [0.29, 0.717) is 34.7 Å². The third-order valence-corrected chi connectivity index (χ3v) is 7.79. The number of carbonyl (C=O) groups excluding carboxylic acids is 1. The van der Waals surface area contributed by atoms with Gasteiger partial charge < -0.3 is 23.7 Å². The molecule has 8 nitrogen and oxygen atoms in total. The number of nitrogens with zero attached hydrogens (tertiary/aromatic N) is 4. The Labute approximate surface area is 228 Å². The summed E-state index contributed by atoms with van der Waals surface area (Å²) in [5, 5.41) is 8.50. The Bertz CT molecular complexity index is 1660. The average molecular weight is 525 g/mol. The van der Waals surface area contributed by atoms with Gasteiger partial charge in [0.1, 0.15) is 18.1 Å². The van der Waals surface area contributed by atoms with Gasteiger partial charge in [-0.3, -0.25) is 4.79 Å². The summed E-state index contributed by atoms with van der Waals surface area (Å²) in [6.45, 7) is -2.80. The third kappa shape index (κ3) is 4.02. The molecule has 9 heteroatoms. The van der Waals surface area contributed by atoms with E-state index in [4.69, 9.17) is 27.5 Å². The maximum atomic E-state index is 14.2. The van der Waals surface area contributed by atoms with Gasteiger partial charge in [0.25, 0.3) is 5.91 Å². The fourth-order valence-electron chi connectivity index (χ4n) is 5.21. The Balaban J connectivity index is 1.47. The van der Waals surface area contributed by atoms with E-state index >= 15 is 0 Å². The summed E-state index contributed by atoms with van der Waals surface area (Å²) in [5.74, 6) is 0.399. The number of methoxy groups -OCH3 is 2. The van der Waals surface area contributed by atoms with Crippen molar-refractivity contribution < 1.29 is 27.2 Å². The number of hydrogen-bond donors (Lipinski definition) is 0. The minimum atomic E-state index is -2.79. The Hall–Kier alpha value is -3.56. The molecule has 1 aromatic carbocycles. The summed E-state index contributed by atoms with van der Waals surface area (Å²) in [6, 6.07) is 6.85. The first-order valence-electron chi connectivity index (χ1n) is 15.0. The number of rotatable bonds is 6. The van der Waals surface area contributed by atoms with Gasteiger partial charge in [0, 0.05) is 77.3 Å². The van der Waals surface area contributed by atoms with Crippen LogP contribution in [0.4, 0.5) is 0 Å². The zero-order chi connectivity index (χ0) is 30.7. The average Bonchev–Trinajstić information content (AvgIpc) is 3.73. The molecule has 192 valence electrons. The molecule has 1 fully saturated rings. The van der Waals surface area contributed by atoms with Crippen LogP contribution in [0.15, 0.2) is 47.4 Å². The molecule has 2 atom stereocenters. The van der Waals surface area contributed by atoms with E-state index in [1.807, 2.05) is 59.0 Å². The van der Waals surface area contributed by atoms with Crippen molar-refractivity contribution in [1.82, 2.24) is 19.2 Å². The number of benzene rings is 1. The summed E-state index contributed by atoms with van der Waals surface area (Å²) >= 11 is 1.47. The highest BCUT2D eigenvalue weighted by molar-refractivity contribution is 7.08. The minimum Gasteiger partial charge on any atom is -0.496 e. The van der Waals surface area contributed by atoms with Crippen molar-refractivity contribution in [2.75, 3.05) is 21.1 Å². The van der Waals surface area contributed by atoms with E-state index in [1.165, 1.54) is 11.3 Å². The molecular weight excluding hydrogens is 488 g/mol. The number of thiophene rings is 1. The smallest absolute Gasteiger partial charge is 0.274 e. The summed E-state index contributed by atoms with van der Waals surface area (Å²) in [4.78, 5) is 15.0. The topological polar surface area (TPSA) is 70.8 Å². The molecule has 4 aromatic rings. The first kappa shape index (κ1) is 17.8. The van der Waals surface area contributed by atoms with Gasteiger partial charge in [0.2, 0.25) is 0 Å². The van der Waals surface area contributed by atoms with Gasteiger partial charge in [-0.05, 0) is 42.8 Å². The van der Waals surface area contributed by atoms with E-state index in [0.717, 1.165) is 21.7 Å². The molecule has 0 unspecified atom stereocenters. The maximum absolute atomic E-state index is 14.2. The molecule has 3 aromatic heterocycles. The second-order valence-electron chi connectivity index (χ2n) is 9.35. The van der Waals surface area contributed by atoms with Gasteiger partial charge >= 0.3 is 0 Å². The zero-order valence-corrected chi connectivity index (χ0v) is 21.2. The van der Waals surface area contributed by atoms with Crippen LogP contribution in [0.1, 0.15) is 43.5 Å². The molecule has 6 rings (SSSR count). The zero-order valence-electron chi connectivity index (χ0n) is 26.4. The molecule has 0 bridgehead atoms. The van der Waals surface area contributed by atoms with Gasteiger partial charge in [0.15, 0.2) is 5.69 Å². The van der Waals surface area contributed by atoms with Crippen molar-refractivity contribution in [1.29, 1.82) is 0 Å². The minimum absolute atomic E-state index is 0.00826. The van der Waals surface area contributed by atoms with Crippen LogP contribution in [0.25, 0.3) is 28.1 Å². The van der Waals surface area contributed by atoms with Crippen molar-refractivity contribution >= 4 is 17.2 Å². The van der Waals surface area contributed by atoms with Gasteiger partial charge in [-0.25, -0.2) is 4.68 Å². The SMILES string of the molecule is [2H]C([2H])([2H])O[C@@H]1CC[C@H](N(C(=O)c2nn(-c3ccsc3)c3c2COc2cc(OC)c(-c4ccn(C)c4)cc2-3)C([2H])([2H])[2H])C1. The molecule has 4 heterocycles. The second kappa shape index (κ2) is 9.39. The van der Waals surface area contributed by atoms with E-state index in [9.17, 15) is 4.79 Å². The Morgan fingerprint density at radius 3 is 2.95 bits per heavy atom. The largest absolute Gasteiger partial charge is 0.496 e. The number of amides is 1. The summed E-state index contributed by atoms with van der Waals surface area (Å²) in [5.41, 5.74) is 4.22. The standard InChI is InChI=1S/C28H30N4O4S/c1-30-9-7-17(14-30)21-12-22-25(13-24(21)35-4)36-15-23-26(29-32(27(22)23)19-8-10-37-16-19)28(33)31(2)18-5-6-20(11-18)34-3/h7-10,12-14,16,18,20H,5-6,11,15H2,1-4H3/t18-,20+/m0/s1/i2D3,3D3. The number of carbonyl (C=O) groups is 1. The number of ether oxygens (including phenoxy) is 3. The molecule has 0 N–H and O–H groups in total. The number of aryl methyl sites for hydroxylation is 1. The van der Waals surface area contributed by atoms with Gasteiger partial charge in [-0.2, -0.15) is 16.4 Å². The molecule has 1 aliphatic heterocycles. The normalized spacial score (nSPS) is 21.4.